The van der Waals surface area contributed by atoms with Crippen LogP contribution in [0.1, 0.15) is 10.4 Å². The molecule has 1 amide bonds. The summed E-state index contributed by atoms with van der Waals surface area (Å²) in [5.41, 5.74) is 1.54. The highest BCUT2D eigenvalue weighted by atomic mass is 32.2. The number of nitrogens with zero attached hydrogens (tertiary/aromatic N) is 2. The lowest BCUT2D eigenvalue weighted by Gasteiger charge is -2.31. The predicted octanol–water partition coefficient (Wildman–Crippen LogP) is 1.80. The van der Waals surface area contributed by atoms with Crippen molar-refractivity contribution in [2.75, 3.05) is 69.9 Å². The molecule has 4 rings (SSSR count). The highest BCUT2D eigenvalue weighted by Gasteiger charge is 2.28. The number of anilines is 2. The molecule has 2 aromatic carbocycles. The Kier molecular flexibility index (Phi) is 6.95. The monoisotopic (exact) mass is 461 g/mol. The summed E-state index contributed by atoms with van der Waals surface area (Å²) in [6.45, 7) is 3.75. The summed E-state index contributed by atoms with van der Waals surface area (Å²) < 4.78 is 43.8. The fourth-order valence-corrected chi connectivity index (χ4v) is 5.25. The van der Waals surface area contributed by atoms with Crippen LogP contribution >= 0.6 is 0 Å². The van der Waals surface area contributed by atoms with E-state index >= 15 is 0 Å². The largest absolute Gasteiger partial charge is 0.496 e. The van der Waals surface area contributed by atoms with Crippen LogP contribution in [0, 0.1) is 0 Å². The average molecular weight is 462 g/mol. The Morgan fingerprint density at radius 2 is 1.62 bits per heavy atom. The fraction of sp³-hybridized carbons (Fsp3) is 0.409. The normalized spacial score (nSPS) is 17.7. The highest BCUT2D eigenvalue weighted by Crippen LogP contribution is 2.32. The third-order valence-corrected chi connectivity index (χ3v) is 7.42. The summed E-state index contributed by atoms with van der Waals surface area (Å²) in [7, 11) is -2.21. The van der Waals surface area contributed by atoms with Crippen LogP contribution in [0.3, 0.4) is 0 Å². The molecule has 2 fully saturated rings. The van der Waals surface area contributed by atoms with Crippen LogP contribution in [0.5, 0.6) is 5.75 Å². The minimum absolute atomic E-state index is 0.131. The molecule has 2 aromatic rings. The van der Waals surface area contributed by atoms with Crippen molar-refractivity contribution in [3.63, 3.8) is 0 Å². The molecule has 2 aliphatic rings. The van der Waals surface area contributed by atoms with E-state index < -0.39 is 10.0 Å². The second-order valence-corrected chi connectivity index (χ2v) is 9.39. The molecule has 172 valence electrons. The Hall–Kier alpha value is -2.66. The van der Waals surface area contributed by atoms with E-state index in [9.17, 15) is 13.2 Å². The zero-order valence-electron chi connectivity index (χ0n) is 18.0. The third-order valence-electron chi connectivity index (χ3n) is 5.53. The summed E-state index contributed by atoms with van der Waals surface area (Å²) in [5.74, 6) is 0.0629. The maximum absolute atomic E-state index is 13.2. The first-order chi connectivity index (χ1) is 15.5. The van der Waals surface area contributed by atoms with Gasteiger partial charge in [-0.1, -0.05) is 12.1 Å². The number of ether oxygens (including phenoxy) is 3. The lowest BCUT2D eigenvalue weighted by Crippen LogP contribution is -2.40. The number of carbonyl (C=O) groups excluding carboxylic acids is 1. The van der Waals surface area contributed by atoms with Gasteiger partial charge in [-0.05, 0) is 30.3 Å². The maximum atomic E-state index is 13.2. The van der Waals surface area contributed by atoms with Crippen molar-refractivity contribution in [1.29, 1.82) is 0 Å². The van der Waals surface area contributed by atoms with Crippen molar-refractivity contribution < 1.29 is 27.4 Å². The fourth-order valence-electron chi connectivity index (χ4n) is 3.81. The van der Waals surface area contributed by atoms with E-state index in [-0.39, 0.29) is 10.8 Å². The molecule has 10 heteroatoms. The smallest absolute Gasteiger partial charge is 0.259 e. The van der Waals surface area contributed by atoms with Crippen LogP contribution in [-0.2, 0) is 19.5 Å². The van der Waals surface area contributed by atoms with E-state index in [2.05, 4.69) is 10.2 Å². The average Bonchev–Trinajstić information content (AvgIpc) is 2.85. The van der Waals surface area contributed by atoms with Gasteiger partial charge in [0.15, 0.2) is 0 Å². The number of morpholine rings is 2. The van der Waals surface area contributed by atoms with E-state index in [1.54, 1.807) is 36.4 Å². The minimum atomic E-state index is -3.71. The van der Waals surface area contributed by atoms with Gasteiger partial charge in [0.05, 0.1) is 55.4 Å². The van der Waals surface area contributed by atoms with Gasteiger partial charge in [0, 0.05) is 26.2 Å². The summed E-state index contributed by atoms with van der Waals surface area (Å²) >= 11 is 0. The Labute approximate surface area is 187 Å². The van der Waals surface area contributed by atoms with Gasteiger partial charge in [0.25, 0.3) is 5.91 Å². The van der Waals surface area contributed by atoms with Gasteiger partial charge >= 0.3 is 0 Å². The van der Waals surface area contributed by atoms with Crippen molar-refractivity contribution >= 4 is 27.3 Å². The van der Waals surface area contributed by atoms with Gasteiger partial charge < -0.3 is 24.4 Å². The number of methoxy groups -OCH3 is 1. The number of benzene rings is 2. The zero-order chi connectivity index (χ0) is 22.6. The lowest BCUT2D eigenvalue weighted by molar-refractivity contribution is 0.0730. The molecule has 2 heterocycles. The number of para-hydroxylation sites is 1. The highest BCUT2D eigenvalue weighted by molar-refractivity contribution is 7.89. The number of carbonyl (C=O) groups is 1. The number of sulfonamides is 1. The van der Waals surface area contributed by atoms with E-state index in [1.807, 2.05) is 0 Å². The molecule has 0 saturated carbocycles. The third kappa shape index (κ3) is 4.73. The Bertz CT molecular complexity index is 1060. The van der Waals surface area contributed by atoms with Gasteiger partial charge in [-0.2, -0.15) is 4.31 Å². The van der Waals surface area contributed by atoms with Gasteiger partial charge in [-0.3, -0.25) is 4.79 Å². The minimum Gasteiger partial charge on any atom is -0.496 e. The van der Waals surface area contributed by atoms with Gasteiger partial charge in [-0.15, -0.1) is 0 Å². The molecule has 2 aliphatic heterocycles. The summed E-state index contributed by atoms with van der Waals surface area (Å²) in [5, 5.41) is 2.91. The van der Waals surface area contributed by atoms with Crippen LogP contribution in [0.15, 0.2) is 47.4 Å². The topological polar surface area (TPSA) is 97.4 Å². The second-order valence-electron chi connectivity index (χ2n) is 7.45. The van der Waals surface area contributed by atoms with Crippen molar-refractivity contribution in [1.82, 2.24) is 4.31 Å². The Morgan fingerprint density at radius 3 is 2.31 bits per heavy atom. The number of hydrogen-bond acceptors (Lipinski definition) is 7. The molecule has 0 atom stereocenters. The zero-order valence-corrected chi connectivity index (χ0v) is 18.8. The molecule has 0 spiro atoms. The van der Waals surface area contributed by atoms with E-state index in [0.717, 1.165) is 5.69 Å². The van der Waals surface area contributed by atoms with Crippen molar-refractivity contribution in [2.45, 2.75) is 4.90 Å². The summed E-state index contributed by atoms with van der Waals surface area (Å²) in [6, 6.07) is 11.8. The molecular formula is C22H27N3O6S. The SMILES string of the molecule is COc1ccccc1C(=O)Nc1cc(S(=O)(=O)N2CCOCC2)ccc1N1CCOCC1. The Morgan fingerprint density at radius 1 is 0.969 bits per heavy atom. The van der Waals surface area contributed by atoms with Crippen molar-refractivity contribution in [3.05, 3.63) is 48.0 Å². The molecule has 0 aliphatic carbocycles. The van der Waals surface area contributed by atoms with Crippen LogP contribution in [-0.4, -0.2) is 78.3 Å². The molecular weight excluding hydrogens is 434 g/mol. The van der Waals surface area contributed by atoms with Gasteiger partial charge in [0.1, 0.15) is 5.75 Å². The van der Waals surface area contributed by atoms with Crippen LogP contribution in [0.2, 0.25) is 0 Å². The molecule has 32 heavy (non-hydrogen) atoms. The molecule has 0 aromatic heterocycles. The van der Waals surface area contributed by atoms with E-state index in [4.69, 9.17) is 14.2 Å². The van der Waals surface area contributed by atoms with Crippen molar-refractivity contribution in [3.8, 4) is 5.75 Å². The number of rotatable bonds is 6. The number of hydrogen-bond donors (Lipinski definition) is 1. The first kappa shape index (κ1) is 22.5. The van der Waals surface area contributed by atoms with Gasteiger partial charge in [-0.25, -0.2) is 8.42 Å². The standard InChI is InChI=1S/C22H27N3O6S/c1-29-21-5-3-2-4-18(21)22(26)23-19-16-17(32(27,28)25-10-14-31-15-11-25)6-7-20(19)24-8-12-30-13-9-24/h2-7,16H,8-15H2,1H3,(H,23,26). The molecule has 1 N–H and O–H groups in total. The van der Waals surface area contributed by atoms with Crippen LogP contribution in [0.25, 0.3) is 0 Å². The van der Waals surface area contributed by atoms with Crippen molar-refractivity contribution in [2.24, 2.45) is 0 Å². The predicted molar refractivity (Wildman–Crippen MR) is 120 cm³/mol. The molecule has 0 bridgehead atoms. The summed E-state index contributed by atoms with van der Waals surface area (Å²) in [4.78, 5) is 15.3. The van der Waals surface area contributed by atoms with E-state index in [1.165, 1.54) is 17.5 Å². The number of amides is 1. The number of nitrogens with one attached hydrogen (secondary N) is 1. The summed E-state index contributed by atoms with van der Waals surface area (Å²) in [6.07, 6.45) is 0. The van der Waals surface area contributed by atoms with Gasteiger partial charge in [0.2, 0.25) is 10.0 Å². The molecule has 0 radical (unpaired) electrons. The second kappa shape index (κ2) is 9.86. The first-order valence-electron chi connectivity index (χ1n) is 10.5. The maximum Gasteiger partial charge on any atom is 0.259 e. The lowest BCUT2D eigenvalue weighted by atomic mass is 10.1. The van der Waals surface area contributed by atoms with E-state index in [0.29, 0.717) is 69.6 Å². The quantitative estimate of drug-likeness (QED) is 0.701. The van der Waals surface area contributed by atoms with Crippen LogP contribution < -0.4 is 15.0 Å². The van der Waals surface area contributed by atoms with Crippen LogP contribution in [0.4, 0.5) is 11.4 Å². The first-order valence-corrected chi connectivity index (χ1v) is 11.9. The molecule has 2 saturated heterocycles. The Balaban J connectivity index is 1.70. The molecule has 9 nitrogen and oxygen atoms in total. The molecule has 0 unspecified atom stereocenters.